The number of para-hydroxylation sites is 4. The van der Waals surface area contributed by atoms with Crippen molar-refractivity contribution in [2.45, 2.75) is 0 Å². The summed E-state index contributed by atoms with van der Waals surface area (Å²) in [5, 5.41) is 4.99. The lowest BCUT2D eigenvalue weighted by atomic mass is 9.85. The van der Waals surface area contributed by atoms with Crippen molar-refractivity contribution in [2.24, 2.45) is 0 Å². The van der Waals surface area contributed by atoms with Crippen LogP contribution in [-0.4, -0.2) is 24.1 Å². The van der Waals surface area contributed by atoms with Gasteiger partial charge in [0.2, 0.25) is 0 Å². The van der Waals surface area contributed by atoms with Gasteiger partial charge in [-0.05, 0) is 93.1 Å². The lowest BCUT2D eigenvalue weighted by Gasteiger charge is -2.19. The Morgan fingerprint density at radius 3 is 0.829 bits per heavy atom. The zero-order valence-electron chi connectivity index (χ0n) is 41.4. The number of fused-ring (bicyclic) bond motifs is 6. The highest BCUT2D eigenvalue weighted by molar-refractivity contribution is 6.10. The number of rotatable bonds is 10. The quantitative estimate of drug-likeness (QED) is 0.128. The second-order valence-corrected chi connectivity index (χ2v) is 19.1. The Kier molecular flexibility index (Phi) is 11.1. The monoisotopic (exact) mass is 969 g/mol. The van der Waals surface area contributed by atoms with E-state index in [9.17, 15) is 0 Å². The molecule has 0 spiro atoms. The Hall–Kier alpha value is -10.2. The van der Waals surface area contributed by atoms with E-state index in [-0.39, 0.29) is 0 Å². The second-order valence-electron chi connectivity index (χ2n) is 19.1. The maximum absolute atomic E-state index is 5.08. The van der Waals surface area contributed by atoms with Crippen molar-refractivity contribution in [3.8, 4) is 56.7 Å². The third-order valence-corrected chi connectivity index (χ3v) is 14.7. The molecular weight excluding hydrogens is 923 g/mol. The minimum Gasteiger partial charge on any atom is -0.309 e. The Morgan fingerprint density at radius 2 is 0.461 bits per heavy atom. The lowest BCUT2D eigenvalue weighted by Crippen LogP contribution is -2.01. The molecule has 0 unspecified atom stereocenters. The summed E-state index contributed by atoms with van der Waals surface area (Å²) in [5.41, 5.74) is 18.7. The number of nitrogens with zero attached hydrogens (tertiary/aromatic N) is 5. The topological polar surface area (TPSA) is 48.5 Å². The van der Waals surface area contributed by atoms with E-state index in [4.69, 9.17) is 15.0 Å². The van der Waals surface area contributed by atoms with Crippen molar-refractivity contribution in [2.75, 3.05) is 0 Å². The number of aromatic nitrogens is 5. The highest BCUT2D eigenvalue weighted by Gasteiger charge is 2.20. The number of hydrogen-bond donors (Lipinski definition) is 0. The average molecular weight is 970 g/mol. The van der Waals surface area contributed by atoms with Crippen LogP contribution in [0.25, 0.3) is 111 Å². The van der Waals surface area contributed by atoms with E-state index in [1.165, 1.54) is 43.6 Å². The van der Waals surface area contributed by atoms with Crippen molar-refractivity contribution < 1.29 is 0 Å². The SMILES string of the molecule is c1ccc(/C(=C(\c2ccc(-c3ccc(-n4c5ccccc5c5ccccc54)cc3)cc2)c2ccc(-c3nc(-c4ccccc4)nc(-c4ccccc4)n3)cc2)c2ccc(-n3c4ccccc4c4ccccc43)cc2)cc1. The van der Waals surface area contributed by atoms with Crippen molar-refractivity contribution in [1.29, 1.82) is 0 Å². The highest BCUT2D eigenvalue weighted by Crippen LogP contribution is 2.40. The van der Waals surface area contributed by atoms with Gasteiger partial charge in [0.1, 0.15) is 0 Å². The first-order valence-corrected chi connectivity index (χ1v) is 25.8. The van der Waals surface area contributed by atoms with Crippen LogP contribution in [0.4, 0.5) is 0 Å². The molecule has 0 radical (unpaired) electrons. The first-order chi connectivity index (χ1) is 37.7. The van der Waals surface area contributed by atoms with Gasteiger partial charge >= 0.3 is 0 Å². The fraction of sp³-hybridized carbons (Fsp3) is 0. The zero-order chi connectivity index (χ0) is 50.4. The predicted octanol–water partition coefficient (Wildman–Crippen LogP) is 17.7. The summed E-state index contributed by atoms with van der Waals surface area (Å²) in [7, 11) is 0. The third kappa shape index (κ3) is 7.95. The summed E-state index contributed by atoms with van der Waals surface area (Å²) in [5.74, 6) is 1.87. The second kappa shape index (κ2) is 19.0. The van der Waals surface area contributed by atoms with Crippen molar-refractivity contribution >= 4 is 54.8 Å². The minimum absolute atomic E-state index is 0.613. The summed E-state index contributed by atoms with van der Waals surface area (Å²) in [4.78, 5) is 15.1. The van der Waals surface area contributed by atoms with Crippen LogP contribution >= 0.6 is 0 Å². The van der Waals surface area contributed by atoms with Crippen LogP contribution in [-0.2, 0) is 0 Å². The van der Waals surface area contributed by atoms with Crippen LogP contribution in [0.5, 0.6) is 0 Å². The fourth-order valence-corrected chi connectivity index (χ4v) is 11.1. The molecule has 14 aromatic rings. The lowest BCUT2D eigenvalue weighted by molar-refractivity contribution is 1.07. The van der Waals surface area contributed by atoms with E-state index in [0.29, 0.717) is 17.5 Å². The van der Waals surface area contributed by atoms with Gasteiger partial charge in [-0.3, -0.25) is 0 Å². The molecule has 0 saturated carbocycles. The van der Waals surface area contributed by atoms with Crippen LogP contribution in [0.15, 0.2) is 285 Å². The number of benzene rings is 11. The molecule has 0 aliphatic rings. The maximum Gasteiger partial charge on any atom is 0.164 e. The standard InChI is InChI=1S/C71H47N5/c1-4-18-50(19-5-1)67(53-42-46-58(47-43-53)76-65-30-16-12-26-61(65)62-27-13-17-31-66(62)76)68(52-36-38-56(39-37-52)71-73-69(54-20-6-2-7-21-54)72-70(74-71)55-22-8-3-9-23-55)51-34-32-48(33-35-51)49-40-44-57(45-41-49)75-63-28-14-10-24-59(63)60-25-11-15-29-64(60)75/h1-47H/b68-67-. The Bertz CT molecular complexity index is 4280. The zero-order valence-corrected chi connectivity index (χ0v) is 41.4. The molecule has 5 heteroatoms. The minimum atomic E-state index is 0.613. The van der Waals surface area contributed by atoms with E-state index < -0.39 is 0 Å². The molecular formula is C71H47N5. The summed E-state index contributed by atoms with van der Waals surface area (Å²) in [6.45, 7) is 0. The van der Waals surface area contributed by atoms with Gasteiger partial charge < -0.3 is 9.13 Å². The highest BCUT2D eigenvalue weighted by atomic mass is 15.0. The molecule has 11 aromatic carbocycles. The molecule has 0 bridgehead atoms. The van der Waals surface area contributed by atoms with Crippen LogP contribution in [0, 0.1) is 0 Å². The first-order valence-electron chi connectivity index (χ1n) is 25.8. The smallest absolute Gasteiger partial charge is 0.164 e. The first kappa shape index (κ1) is 44.5. The third-order valence-electron chi connectivity index (χ3n) is 14.7. The van der Waals surface area contributed by atoms with Gasteiger partial charge in [-0.25, -0.2) is 15.0 Å². The van der Waals surface area contributed by atoms with Crippen molar-refractivity contribution in [3.05, 3.63) is 307 Å². The van der Waals surface area contributed by atoms with E-state index in [0.717, 1.165) is 72.6 Å². The van der Waals surface area contributed by atoms with Crippen LogP contribution in [0.3, 0.4) is 0 Å². The molecule has 0 fully saturated rings. The fourth-order valence-electron chi connectivity index (χ4n) is 11.1. The molecule has 0 saturated heterocycles. The molecule has 76 heavy (non-hydrogen) atoms. The van der Waals surface area contributed by atoms with Crippen LogP contribution in [0.2, 0.25) is 0 Å². The largest absolute Gasteiger partial charge is 0.309 e. The van der Waals surface area contributed by atoms with Gasteiger partial charge in [0, 0.05) is 49.6 Å². The van der Waals surface area contributed by atoms with Gasteiger partial charge in [0.15, 0.2) is 17.5 Å². The molecule has 0 N–H and O–H groups in total. The molecule has 0 amide bonds. The molecule has 0 aliphatic carbocycles. The maximum atomic E-state index is 5.08. The summed E-state index contributed by atoms with van der Waals surface area (Å²) >= 11 is 0. The molecule has 356 valence electrons. The summed E-state index contributed by atoms with van der Waals surface area (Å²) < 4.78 is 4.74. The average Bonchev–Trinajstić information content (AvgIpc) is 4.05. The number of hydrogen-bond acceptors (Lipinski definition) is 3. The molecule has 14 rings (SSSR count). The van der Waals surface area contributed by atoms with Crippen LogP contribution in [0.1, 0.15) is 22.3 Å². The van der Waals surface area contributed by atoms with Gasteiger partial charge in [-0.2, -0.15) is 0 Å². The van der Waals surface area contributed by atoms with Gasteiger partial charge in [0.05, 0.1) is 22.1 Å². The van der Waals surface area contributed by atoms with Crippen molar-refractivity contribution in [3.63, 3.8) is 0 Å². The van der Waals surface area contributed by atoms with Gasteiger partial charge in [0.25, 0.3) is 0 Å². The predicted molar refractivity (Wildman–Crippen MR) is 315 cm³/mol. The summed E-state index contributed by atoms with van der Waals surface area (Å²) in [6.07, 6.45) is 0. The molecule has 0 atom stereocenters. The van der Waals surface area contributed by atoms with Gasteiger partial charge in [-0.15, -0.1) is 0 Å². The van der Waals surface area contributed by atoms with Crippen molar-refractivity contribution in [1.82, 2.24) is 24.1 Å². The Morgan fingerprint density at radius 1 is 0.211 bits per heavy atom. The van der Waals surface area contributed by atoms with E-state index >= 15 is 0 Å². The summed E-state index contributed by atoms with van der Waals surface area (Å²) in [6, 6.07) is 102. The Balaban J connectivity index is 0.906. The van der Waals surface area contributed by atoms with E-state index in [2.05, 4.69) is 234 Å². The van der Waals surface area contributed by atoms with E-state index in [1.807, 2.05) is 60.7 Å². The molecule has 3 aromatic heterocycles. The molecule has 0 aliphatic heterocycles. The van der Waals surface area contributed by atoms with Crippen LogP contribution < -0.4 is 0 Å². The van der Waals surface area contributed by atoms with E-state index in [1.54, 1.807) is 0 Å². The molecule has 5 nitrogen and oxygen atoms in total. The molecule has 3 heterocycles. The normalized spacial score (nSPS) is 11.9. The van der Waals surface area contributed by atoms with Gasteiger partial charge in [-0.1, -0.05) is 237 Å². The Labute approximate surface area is 440 Å².